The van der Waals surface area contributed by atoms with Gasteiger partial charge in [-0.05, 0) is 61.2 Å². The van der Waals surface area contributed by atoms with Crippen molar-refractivity contribution in [3.63, 3.8) is 0 Å². The van der Waals surface area contributed by atoms with E-state index >= 15 is 0 Å². The highest BCUT2D eigenvalue weighted by Crippen LogP contribution is 2.30. The number of carbonyl (C=O) groups excluding carboxylic acids is 2. The molecule has 1 atom stereocenters. The molecule has 0 saturated carbocycles. The second kappa shape index (κ2) is 15.0. The van der Waals surface area contributed by atoms with Crippen LogP contribution in [-0.4, -0.2) is 44.3 Å². The van der Waals surface area contributed by atoms with Crippen molar-refractivity contribution in [2.75, 3.05) is 17.4 Å². The van der Waals surface area contributed by atoms with Gasteiger partial charge in [0.25, 0.3) is 10.0 Å². The predicted octanol–water partition coefficient (Wildman–Crippen LogP) is 6.32. The van der Waals surface area contributed by atoms with E-state index in [0.29, 0.717) is 22.8 Å². The molecule has 1 N–H and O–H groups in total. The Hall–Kier alpha value is -4.14. The van der Waals surface area contributed by atoms with Gasteiger partial charge in [0, 0.05) is 24.5 Å². The van der Waals surface area contributed by atoms with Crippen molar-refractivity contribution in [3.05, 3.63) is 130 Å². The number of amides is 2. The molecule has 0 aliphatic rings. The molecule has 0 saturated heterocycles. The monoisotopic (exact) mass is 631 g/mol. The van der Waals surface area contributed by atoms with E-state index < -0.39 is 28.5 Å². The van der Waals surface area contributed by atoms with E-state index in [2.05, 4.69) is 5.32 Å². The molecule has 0 bridgehead atoms. The van der Waals surface area contributed by atoms with E-state index in [4.69, 9.17) is 11.6 Å². The number of nitrogens with one attached hydrogen (secondary N) is 1. The van der Waals surface area contributed by atoms with Crippen LogP contribution in [0.5, 0.6) is 0 Å². The summed E-state index contributed by atoms with van der Waals surface area (Å²) in [5, 5.41) is 3.30. The summed E-state index contributed by atoms with van der Waals surface area (Å²) in [6.45, 7) is 5.74. The Morgan fingerprint density at radius 3 is 2.11 bits per heavy atom. The molecule has 0 spiro atoms. The molecule has 0 aliphatic carbocycles. The van der Waals surface area contributed by atoms with E-state index in [1.807, 2.05) is 68.4 Å². The maximum absolute atomic E-state index is 14.5. The number of nitrogens with zero attached hydrogens (tertiary/aromatic N) is 2. The van der Waals surface area contributed by atoms with Crippen LogP contribution in [0.2, 0.25) is 5.02 Å². The molecule has 230 valence electrons. The SMILES string of the molecule is CCCNC(=O)[C@@H](Cc1ccccc1)N(Cc1ccc(C)cc1)C(=O)CN(c1cc(Cl)ccc1C)S(=O)(=O)c1ccccc1. The Kier molecular flexibility index (Phi) is 11.2. The molecule has 4 rings (SSSR count). The normalized spacial score (nSPS) is 11.9. The Labute approximate surface area is 265 Å². The first-order valence-electron chi connectivity index (χ1n) is 14.6. The van der Waals surface area contributed by atoms with Crippen LogP contribution in [0.25, 0.3) is 0 Å². The summed E-state index contributed by atoms with van der Waals surface area (Å²) in [7, 11) is -4.19. The van der Waals surface area contributed by atoms with Gasteiger partial charge in [0.05, 0.1) is 10.6 Å². The maximum Gasteiger partial charge on any atom is 0.264 e. The first kappa shape index (κ1) is 32.8. The van der Waals surface area contributed by atoms with Gasteiger partial charge in [0.15, 0.2) is 0 Å². The second-order valence-corrected chi connectivity index (χ2v) is 13.1. The third-order valence-corrected chi connectivity index (χ3v) is 9.35. The number of hydrogen-bond acceptors (Lipinski definition) is 4. The number of rotatable bonds is 13. The van der Waals surface area contributed by atoms with Crippen LogP contribution in [0, 0.1) is 13.8 Å². The first-order chi connectivity index (χ1) is 21.1. The fourth-order valence-corrected chi connectivity index (χ4v) is 6.55. The average molecular weight is 632 g/mol. The molecule has 0 radical (unpaired) electrons. The highest BCUT2D eigenvalue weighted by molar-refractivity contribution is 7.92. The van der Waals surface area contributed by atoms with Crippen molar-refractivity contribution < 1.29 is 18.0 Å². The van der Waals surface area contributed by atoms with E-state index in [9.17, 15) is 18.0 Å². The van der Waals surface area contributed by atoms with Gasteiger partial charge in [-0.2, -0.15) is 0 Å². The Balaban J connectivity index is 1.81. The molecule has 0 unspecified atom stereocenters. The second-order valence-electron chi connectivity index (χ2n) is 10.8. The average Bonchev–Trinajstić information content (AvgIpc) is 3.03. The van der Waals surface area contributed by atoms with Crippen LogP contribution in [0.4, 0.5) is 5.69 Å². The molecule has 9 heteroatoms. The molecule has 0 aliphatic heterocycles. The fraction of sp³-hybridized carbons (Fsp3) is 0.257. The maximum atomic E-state index is 14.5. The minimum Gasteiger partial charge on any atom is -0.354 e. The van der Waals surface area contributed by atoms with Crippen molar-refractivity contribution in [2.45, 2.75) is 51.1 Å². The number of aryl methyl sites for hydroxylation is 2. The molecule has 4 aromatic carbocycles. The van der Waals surface area contributed by atoms with E-state index in [1.165, 1.54) is 17.0 Å². The van der Waals surface area contributed by atoms with E-state index in [0.717, 1.165) is 27.4 Å². The van der Waals surface area contributed by atoms with Crippen molar-refractivity contribution >= 4 is 39.1 Å². The van der Waals surface area contributed by atoms with Crippen LogP contribution in [0.3, 0.4) is 0 Å². The summed E-state index contributed by atoms with van der Waals surface area (Å²) in [5.41, 5.74) is 3.69. The minimum absolute atomic E-state index is 0.0405. The van der Waals surface area contributed by atoms with Crippen molar-refractivity contribution in [1.82, 2.24) is 10.2 Å². The third-order valence-electron chi connectivity index (χ3n) is 7.34. The zero-order valence-electron chi connectivity index (χ0n) is 25.2. The molecule has 0 aromatic heterocycles. The molecule has 0 heterocycles. The van der Waals surface area contributed by atoms with Crippen LogP contribution in [0.15, 0.2) is 108 Å². The van der Waals surface area contributed by atoms with Gasteiger partial charge in [-0.1, -0.05) is 103 Å². The summed E-state index contributed by atoms with van der Waals surface area (Å²) < 4.78 is 29.3. The van der Waals surface area contributed by atoms with Crippen LogP contribution in [0.1, 0.15) is 35.6 Å². The highest BCUT2D eigenvalue weighted by atomic mass is 35.5. The predicted molar refractivity (Wildman–Crippen MR) is 176 cm³/mol. The van der Waals surface area contributed by atoms with Crippen molar-refractivity contribution in [1.29, 1.82) is 0 Å². The van der Waals surface area contributed by atoms with Gasteiger partial charge in [-0.25, -0.2) is 8.42 Å². The molecular formula is C35H38ClN3O4S. The van der Waals surface area contributed by atoms with Crippen LogP contribution in [-0.2, 0) is 32.6 Å². The van der Waals surface area contributed by atoms with Crippen molar-refractivity contribution in [2.24, 2.45) is 0 Å². The first-order valence-corrected chi connectivity index (χ1v) is 16.4. The van der Waals surface area contributed by atoms with Gasteiger partial charge in [0.2, 0.25) is 11.8 Å². The number of anilines is 1. The Morgan fingerprint density at radius 2 is 1.48 bits per heavy atom. The lowest BCUT2D eigenvalue weighted by Gasteiger charge is -2.34. The Bertz CT molecular complexity index is 1660. The largest absolute Gasteiger partial charge is 0.354 e. The molecule has 0 fully saturated rings. The summed E-state index contributed by atoms with van der Waals surface area (Å²) in [5.74, 6) is -0.815. The number of carbonyl (C=O) groups is 2. The van der Waals surface area contributed by atoms with Gasteiger partial charge in [-0.15, -0.1) is 0 Å². The number of sulfonamides is 1. The lowest BCUT2D eigenvalue weighted by atomic mass is 10.0. The lowest BCUT2D eigenvalue weighted by Crippen LogP contribution is -2.53. The molecule has 44 heavy (non-hydrogen) atoms. The number of halogens is 1. The van der Waals surface area contributed by atoms with Gasteiger partial charge >= 0.3 is 0 Å². The Morgan fingerprint density at radius 1 is 0.841 bits per heavy atom. The molecule has 4 aromatic rings. The van der Waals surface area contributed by atoms with Gasteiger partial charge in [0.1, 0.15) is 12.6 Å². The summed E-state index contributed by atoms with van der Waals surface area (Å²) in [4.78, 5) is 29.7. The fourth-order valence-electron chi connectivity index (χ4n) is 4.89. The van der Waals surface area contributed by atoms with E-state index in [-0.39, 0.29) is 23.8 Å². The minimum atomic E-state index is -4.19. The summed E-state index contributed by atoms with van der Waals surface area (Å²) >= 11 is 6.34. The lowest BCUT2D eigenvalue weighted by molar-refractivity contribution is -0.140. The van der Waals surface area contributed by atoms with E-state index in [1.54, 1.807) is 43.3 Å². The topological polar surface area (TPSA) is 86.8 Å². The number of hydrogen-bond donors (Lipinski definition) is 1. The number of benzene rings is 4. The zero-order valence-corrected chi connectivity index (χ0v) is 26.8. The van der Waals surface area contributed by atoms with Crippen molar-refractivity contribution in [3.8, 4) is 0 Å². The highest BCUT2D eigenvalue weighted by Gasteiger charge is 2.35. The zero-order chi connectivity index (χ0) is 31.7. The van der Waals surface area contributed by atoms with Gasteiger partial charge in [-0.3, -0.25) is 13.9 Å². The van der Waals surface area contributed by atoms with Gasteiger partial charge < -0.3 is 10.2 Å². The smallest absolute Gasteiger partial charge is 0.264 e. The quantitative estimate of drug-likeness (QED) is 0.187. The summed E-state index contributed by atoms with van der Waals surface area (Å²) in [6, 6.07) is 29.3. The van der Waals surface area contributed by atoms with Crippen LogP contribution >= 0.6 is 11.6 Å². The van der Waals surface area contributed by atoms with Crippen LogP contribution < -0.4 is 9.62 Å². The summed E-state index contributed by atoms with van der Waals surface area (Å²) in [6.07, 6.45) is 0.989. The third kappa shape index (κ3) is 8.27. The molecular weight excluding hydrogens is 594 g/mol. The molecule has 7 nitrogen and oxygen atoms in total. The standard InChI is InChI=1S/C35H38ClN3O4S/c1-4-21-37-35(41)33(22-28-11-7-5-8-12-28)38(24-29-18-15-26(2)16-19-29)34(40)25-39(32-23-30(36)20-17-27(32)3)44(42,43)31-13-9-6-10-14-31/h5-20,23,33H,4,21-22,24-25H2,1-3H3,(H,37,41)/t33-/m1/s1. The molecule has 2 amide bonds.